The normalized spacial score (nSPS) is 10.5. The van der Waals surface area contributed by atoms with Crippen molar-refractivity contribution in [3.8, 4) is 0 Å². The Bertz CT molecular complexity index is 641. The summed E-state index contributed by atoms with van der Waals surface area (Å²) in [6.07, 6.45) is 1.80. The SMILES string of the molecule is Cc1cnc(N)c(C(=O)Cc2ccc(Cl)cc2Cl)c1. The van der Waals surface area contributed by atoms with E-state index < -0.39 is 0 Å². The van der Waals surface area contributed by atoms with Crippen molar-refractivity contribution in [3.63, 3.8) is 0 Å². The summed E-state index contributed by atoms with van der Waals surface area (Å²) in [5.74, 6) is 0.124. The number of hydrogen-bond donors (Lipinski definition) is 1. The van der Waals surface area contributed by atoms with E-state index in [2.05, 4.69) is 4.98 Å². The first-order valence-corrected chi connectivity index (χ1v) is 6.42. The molecule has 1 aromatic carbocycles. The van der Waals surface area contributed by atoms with Crippen LogP contribution in [0.1, 0.15) is 21.5 Å². The Morgan fingerprint density at radius 1 is 1.32 bits per heavy atom. The maximum atomic E-state index is 12.2. The second kappa shape index (κ2) is 5.59. The number of rotatable bonds is 3. The van der Waals surface area contributed by atoms with Gasteiger partial charge in [-0.05, 0) is 36.2 Å². The van der Waals surface area contributed by atoms with E-state index in [4.69, 9.17) is 28.9 Å². The third kappa shape index (κ3) is 3.25. The zero-order valence-electron chi connectivity index (χ0n) is 10.3. The quantitative estimate of drug-likeness (QED) is 0.878. The fraction of sp³-hybridized carbons (Fsp3) is 0.143. The van der Waals surface area contributed by atoms with E-state index in [1.807, 2.05) is 6.92 Å². The van der Waals surface area contributed by atoms with Crippen molar-refractivity contribution in [2.24, 2.45) is 0 Å². The van der Waals surface area contributed by atoms with Crippen LogP contribution < -0.4 is 5.73 Å². The molecule has 0 radical (unpaired) electrons. The molecule has 0 amide bonds. The van der Waals surface area contributed by atoms with Gasteiger partial charge in [0.2, 0.25) is 0 Å². The van der Waals surface area contributed by atoms with Gasteiger partial charge in [-0.2, -0.15) is 0 Å². The first kappa shape index (κ1) is 13.8. The number of pyridine rings is 1. The van der Waals surface area contributed by atoms with Gasteiger partial charge in [-0.1, -0.05) is 29.3 Å². The summed E-state index contributed by atoms with van der Waals surface area (Å²) in [4.78, 5) is 16.2. The second-order valence-electron chi connectivity index (χ2n) is 4.28. The molecule has 0 atom stereocenters. The van der Waals surface area contributed by atoms with Crippen LogP contribution in [0.3, 0.4) is 0 Å². The molecule has 0 bridgehead atoms. The molecule has 0 fully saturated rings. The molecular weight excluding hydrogens is 283 g/mol. The molecule has 5 heteroatoms. The van der Waals surface area contributed by atoms with Gasteiger partial charge in [-0.3, -0.25) is 4.79 Å². The molecule has 3 nitrogen and oxygen atoms in total. The molecule has 0 unspecified atom stereocenters. The Morgan fingerprint density at radius 2 is 2.05 bits per heavy atom. The number of hydrogen-bond acceptors (Lipinski definition) is 3. The molecule has 0 aliphatic carbocycles. The van der Waals surface area contributed by atoms with Crippen molar-refractivity contribution in [2.45, 2.75) is 13.3 Å². The molecule has 1 aromatic heterocycles. The van der Waals surface area contributed by atoms with Crippen LogP contribution >= 0.6 is 23.2 Å². The highest BCUT2D eigenvalue weighted by atomic mass is 35.5. The van der Waals surface area contributed by atoms with Gasteiger partial charge < -0.3 is 5.73 Å². The minimum atomic E-state index is -0.113. The van der Waals surface area contributed by atoms with Gasteiger partial charge in [0, 0.05) is 22.7 Å². The summed E-state index contributed by atoms with van der Waals surface area (Å²) in [6.45, 7) is 1.86. The van der Waals surface area contributed by atoms with Crippen molar-refractivity contribution in [1.82, 2.24) is 4.98 Å². The number of carbonyl (C=O) groups is 1. The number of nitrogens with two attached hydrogens (primary N) is 1. The zero-order chi connectivity index (χ0) is 14.0. The van der Waals surface area contributed by atoms with Crippen molar-refractivity contribution in [1.29, 1.82) is 0 Å². The van der Waals surface area contributed by atoms with Crippen LogP contribution in [0.4, 0.5) is 5.82 Å². The number of Topliss-reactive ketones (excluding diaryl/α,β-unsaturated/α-hetero) is 1. The van der Waals surface area contributed by atoms with Crippen LogP contribution in [-0.4, -0.2) is 10.8 Å². The lowest BCUT2D eigenvalue weighted by molar-refractivity contribution is 0.0993. The van der Waals surface area contributed by atoms with Gasteiger partial charge in [-0.15, -0.1) is 0 Å². The molecule has 2 rings (SSSR count). The topological polar surface area (TPSA) is 56.0 Å². The van der Waals surface area contributed by atoms with Gasteiger partial charge in [0.1, 0.15) is 5.82 Å². The molecular formula is C14H12Cl2N2O. The molecule has 0 aliphatic rings. The largest absolute Gasteiger partial charge is 0.383 e. The summed E-state index contributed by atoms with van der Waals surface area (Å²) < 4.78 is 0. The van der Waals surface area contributed by atoms with Gasteiger partial charge in [0.25, 0.3) is 0 Å². The molecule has 0 spiro atoms. The lowest BCUT2D eigenvalue weighted by Crippen LogP contribution is -2.09. The molecule has 0 saturated heterocycles. The van der Waals surface area contributed by atoms with Gasteiger partial charge in [0.15, 0.2) is 5.78 Å². The highest BCUT2D eigenvalue weighted by molar-refractivity contribution is 6.35. The molecule has 19 heavy (non-hydrogen) atoms. The Kier molecular flexibility index (Phi) is 4.08. The van der Waals surface area contributed by atoms with Crippen LogP contribution in [0.2, 0.25) is 10.0 Å². The Morgan fingerprint density at radius 3 is 2.74 bits per heavy atom. The smallest absolute Gasteiger partial charge is 0.170 e. The first-order valence-electron chi connectivity index (χ1n) is 5.66. The number of halogens is 2. The standard InChI is InChI=1S/C14H12Cl2N2O/c1-8-4-11(14(17)18-7-8)13(19)5-9-2-3-10(15)6-12(9)16/h2-4,6-7H,5H2,1H3,(H2,17,18). The fourth-order valence-corrected chi connectivity index (χ4v) is 2.21. The molecule has 1 heterocycles. The van der Waals surface area contributed by atoms with Gasteiger partial charge in [0.05, 0.1) is 5.56 Å². The minimum absolute atomic E-state index is 0.113. The number of benzene rings is 1. The number of nitrogens with zero attached hydrogens (tertiary/aromatic N) is 1. The maximum absolute atomic E-state index is 12.2. The van der Waals surface area contributed by atoms with Crippen molar-refractivity contribution in [2.75, 3.05) is 5.73 Å². The molecule has 2 aromatic rings. The van der Waals surface area contributed by atoms with Crippen molar-refractivity contribution in [3.05, 3.63) is 57.2 Å². The van der Waals surface area contributed by atoms with E-state index in [1.165, 1.54) is 0 Å². The van der Waals surface area contributed by atoms with E-state index in [0.29, 0.717) is 15.6 Å². The third-order valence-corrected chi connectivity index (χ3v) is 3.31. The number of nitrogen functional groups attached to an aromatic ring is 1. The van der Waals surface area contributed by atoms with E-state index in [-0.39, 0.29) is 18.0 Å². The van der Waals surface area contributed by atoms with Crippen LogP contribution in [0.5, 0.6) is 0 Å². The molecule has 0 aliphatic heterocycles. The molecule has 0 saturated carbocycles. The summed E-state index contributed by atoms with van der Waals surface area (Å²) in [5.41, 5.74) is 7.75. The number of ketones is 1. The summed E-state index contributed by atoms with van der Waals surface area (Å²) in [5, 5.41) is 1.01. The zero-order valence-corrected chi connectivity index (χ0v) is 11.8. The fourth-order valence-electron chi connectivity index (χ4n) is 1.74. The highest BCUT2D eigenvalue weighted by Crippen LogP contribution is 2.23. The lowest BCUT2D eigenvalue weighted by atomic mass is 10.0. The van der Waals surface area contributed by atoms with Gasteiger partial charge in [-0.25, -0.2) is 4.98 Å². The van der Waals surface area contributed by atoms with Gasteiger partial charge >= 0.3 is 0 Å². The second-order valence-corrected chi connectivity index (χ2v) is 5.12. The average molecular weight is 295 g/mol. The highest BCUT2D eigenvalue weighted by Gasteiger charge is 2.13. The number of carbonyl (C=O) groups excluding carboxylic acids is 1. The third-order valence-electron chi connectivity index (χ3n) is 2.72. The van der Waals surface area contributed by atoms with Crippen LogP contribution in [0.15, 0.2) is 30.5 Å². The van der Waals surface area contributed by atoms with Crippen molar-refractivity contribution < 1.29 is 4.79 Å². The van der Waals surface area contributed by atoms with E-state index in [1.54, 1.807) is 30.5 Å². The molecule has 98 valence electrons. The van der Waals surface area contributed by atoms with E-state index in [9.17, 15) is 4.79 Å². The van der Waals surface area contributed by atoms with Crippen LogP contribution in [0.25, 0.3) is 0 Å². The Hall–Kier alpha value is -1.58. The number of aromatic nitrogens is 1. The van der Waals surface area contributed by atoms with E-state index in [0.717, 1.165) is 11.1 Å². The molecule has 2 N–H and O–H groups in total. The van der Waals surface area contributed by atoms with Crippen LogP contribution in [0, 0.1) is 6.92 Å². The summed E-state index contributed by atoms with van der Waals surface area (Å²) >= 11 is 11.9. The average Bonchev–Trinajstić information content (AvgIpc) is 2.35. The summed E-state index contributed by atoms with van der Waals surface area (Å²) in [6, 6.07) is 6.79. The maximum Gasteiger partial charge on any atom is 0.170 e. The number of aryl methyl sites for hydroxylation is 1. The first-order chi connectivity index (χ1) is 8.97. The Labute approximate surface area is 121 Å². The Balaban J connectivity index is 2.28. The van der Waals surface area contributed by atoms with E-state index >= 15 is 0 Å². The summed E-state index contributed by atoms with van der Waals surface area (Å²) in [7, 11) is 0. The predicted octanol–water partition coefficient (Wildman–Crippen LogP) is 3.70. The van der Waals surface area contributed by atoms with Crippen molar-refractivity contribution >= 4 is 34.8 Å². The lowest BCUT2D eigenvalue weighted by Gasteiger charge is -2.07. The minimum Gasteiger partial charge on any atom is -0.383 e. The van der Waals surface area contributed by atoms with Crippen LogP contribution in [-0.2, 0) is 6.42 Å². The number of anilines is 1. The monoisotopic (exact) mass is 294 g/mol. The predicted molar refractivity (Wildman–Crippen MR) is 77.9 cm³/mol.